The van der Waals surface area contributed by atoms with Crippen LogP contribution in [0.4, 0.5) is 0 Å². The van der Waals surface area contributed by atoms with Gasteiger partial charge in [-0.05, 0) is 36.5 Å². The molecule has 1 aliphatic rings. The number of piperidine rings is 1. The van der Waals surface area contributed by atoms with Gasteiger partial charge in [-0.2, -0.15) is 0 Å². The summed E-state index contributed by atoms with van der Waals surface area (Å²) < 4.78 is 0. The topological polar surface area (TPSA) is 46.3 Å². The molecular weight excluding hydrogens is 224 g/mol. The van der Waals surface area contributed by atoms with Crippen molar-refractivity contribution in [3.05, 3.63) is 35.4 Å². The Bertz CT molecular complexity index is 409. The SMILES string of the molecule is CCC1CCN(C(=O)c2cccc(CN)c2)CC1. The molecule has 0 saturated carbocycles. The second kappa shape index (κ2) is 6.01. The third-order valence-electron chi connectivity index (χ3n) is 3.89. The van der Waals surface area contributed by atoms with Crippen LogP contribution in [0.15, 0.2) is 24.3 Å². The predicted molar refractivity (Wildman–Crippen MR) is 73.3 cm³/mol. The molecule has 2 N–H and O–H groups in total. The number of benzene rings is 1. The first-order chi connectivity index (χ1) is 8.74. The van der Waals surface area contributed by atoms with Crippen LogP contribution in [0, 0.1) is 5.92 Å². The molecular formula is C15H22N2O. The van der Waals surface area contributed by atoms with Crippen molar-refractivity contribution in [3.63, 3.8) is 0 Å². The van der Waals surface area contributed by atoms with Gasteiger partial charge in [-0.1, -0.05) is 25.5 Å². The highest BCUT2D eigenvalue weighted by molar-refractivity contribution is 5.94. The third-order valence-corrected chi connectivity index (χ3v) is 3.89. The fraction of sp³-hybridized carbons (Fsp3) is 0.533. The van der Waals surface area contributed by atoms with Gasteiger partial charge < -0.3 is 10.6 Å². The van der Waals surface area contributed by atoms with Gasteiger partial charge in [-0.15, -0.1) is 0 Å². The number of carbonyl (C=O) groups is 1. The van der Waals surface area contributed by atoms with Crippen LogP contribution in [0.2, 0.25) is 0 Å². The summed E-state index contributed by atoms with van der Waals surface area (Å²) in [7, 11) is 0. The number of carbonyl (C=O) groups excluding carboxylic acids is 1. The van der Waals surface area contributed by atoms with E-state index >= 15 is 0 Å². The predicted octanol–water partition coefficient (Wildman–Crippen LogP) is 2.41. The number of nitrogens with two attached hydrogens (primary N) is 1. The minimum absolute atomic E-state index is 0.153. The van der Waals surface area contributed by atoms with Crippen molar-refractivity contribution in [2.45, 2.75) is 32.7 Å². The van der Waals surface area contributed by atoms with Crippen molar-refractivity contribution < 1.29 is 4.79 Å². The van der Waals surface area contributed by atoms with Gasteiger partial charge in [-0.3, -0.25) is 4.79 Å². The van der Waals surface area contributed by atoms with Crippen LogP contribution in [0.3, 0.4) is 0 Å². The molecule has 0 aliphatic carbocycles. The highest BCUT2D eigenvalue weighted by atomic mass is 16.2. The molecule has 0 unspecified atom stereocenters. The molecule has 1 saturated heterocycles. The highest BCUT2D eigenvalue weighted by Gasteiger charge is 2.22. The molecule has 0 aromatic heterocycles. The first-order valence-corrected chi connectivity index (χ1v) is 6.83. The van der Waals surface area contributed by atoms with Gasteiger partial charge in [0.05, 0.1) is 0 Å². The molecule has 0 bridgehead atoms. The van der Waals surface area contributed by atoms with Gasteiger partial charge in [0.2, 0.25) is 0 Å². The van der Waals surface area contributed by atoms with Crippen LogP contribution in [-0.4, -0.2) is 23.9 Å². The molecule has 1 fully saturated rings. The van der Waals surface area contributed by atoms with Crippen LogP contribution in [-0.2, 0) is 6.54 Å². The Labute approximate surface area is 109 Å². The smallest absolute Gasteiger partial charge is 0.253 e. The minimum Gasteiger partial charge on any atom is -0.339 e. The molecule has 0 atom stereocenters. The van der Waals surface area contributed by atoms with E-state index in [1.165, 1.54) is 6.42 Å². The van der Waals surface area contributed by atoms with Gasteiger partial charge in [-0.25, -0.2) is 0 Å². The van der Waals surface area contributed by atoms with E-state index in [2.05, 4.69) is 6.92 Å². The third kappa shape index (κ3) is 2.91. The van der Waals surface area contributed by atoms with Crippen molar-refractivity contribution >= 4 is 5.91 Å². The summed E-state index contributed by atoms with van der Waals surface area (Å²) in [5, 5.41) is 0. The monoisotopic (exact) mass is 246 g/mol. The fourth-order valence-electron chi connectivity index (χ4n) is 2.56. The van der Waals surface area contributed by atoms with E-state index in [0.29, 0.717) is 6.54 Å². The minimum atomic E-state index is 0.153. The lowest BCUT2D eigenvalue weighted by atomic mass is 9.94. The van der Waals surface area contributed by atoms with Crippen LogP contribution < -0.4 is 5.73 Å². The van der Waals surface area contributed by atoms with Crippen molar-refractivity contribution in [1.82, 2.24) is 4.90 Å². The zero-order valence-electron chi connectivity index (χ0n) is 11.1. The summed E-state index contributed by atoms with van der Waals surface area (Å²) in [6, 6.07) is 7.66. The Morgan fingerprint density at radius 1 is 1.39 bits per heavy atom. The average molecular weight is 246 g/mol. The maximum atomic E-state index is 12.3. The molecule has 0 spiro atoms. The maximum absolute atomic E-state index is 12.3. The first kappa shape index (κ1) is 13.1. The van der Waals surface area contributed by atoms with E-state index in [4.69, 9.17) is 5.73 Å². The Morgan fingerprint density at radius 2 is 2.11 bits per heavy atom. The second-order valence-corrected chi connectivity index (χ2v) is 5.05. The molecule has 1 aromatic carbocycles. The highest BCUT2D eigenvalue weighted by Crippen LogP contribution is 2.21. The standard InChI is InChI=1S/C15H22N2O/c1-2-12-6-8-17(9-7-12)15(18)14-5-3-4-13(10-14)11-16/h3-5,10,12H,2,6-9,11,16H2,1H3. The molecule has 3 nitrogen and oxygen atoms in total. The number of nitrogens with zero attached hydrogens (tertiary/aromatic N) is 1. The molecule has 1 aliphatic heterocycles. The van der Waals surface area contributed by atoms with E-state index in [-0.39, 0.29) is 5.91 Å². The number of hydrogen-bond acceptors (Lipinski definition) is 2. The fourth-order valence-corrected chi connectivity index (χ4v) is 2.56. The van der Waals surface area contributed by atoms with Crippen LogP contribution in [0.5, 0.6) is 0 Å². The summed E-state index contributed by atoms with van der Waals surface area (Å²) in [6.45, 7) is 4.50. The molecule has 1 amide bonds. The van der Waals surface area contributed by atoms with Gasteiger partial charge in [0.1, 0.15) is 0 Å². The molecule has 1 aromatic rings. The summed E-state index contributed by atoms with van der Waals surface area (Å²) in [4.78, 5) is 14.3. The van der Waals surface area contributed by atoms with Crippen molar-refractivity contribution in [3.8, 4) is 0 Å². The molecule has 3 heteroatoms. The van der Waals surface area contributed by atoms with E-state index < -0.39 is 0 Å². The quantitative estimate of drug-likeness (QED) is 0.890. The van der Waals surface area contributed by atoms with Crippen molar-refractivity contribution in [2.75, 3.05) is 13.1 Å². The largest absolute Gasteiger partial charge is 0.339 e. The summed E-state index contributed by atoms with van der Waals surface area (Å²) in [6.07, 6.45) is 3.50. The summed E-state index contributed by atoms with van der Waals surface area (Å²) in [5.74, 6) is 0.948. The van der Waals surface area contributed by atoms with Gasteiger partial charge in [0.15, 0.2) is 0 Å². The lowest BCUT2D eigenvalue weighted by Gasteiger charge is -2.31. The van der Waals surface area contributed by atoms with Crippen molar-refractivity contribution in [2.24, 2.45) is 11.7 Å². The average Bonchev–Trinajstić information content (AvgIpc) is 2.46. The van der Waals surface area contributed by atoms with E-state index in [1.807, 2.05) is 29.2 Å². The Balaban J connectivity index is 2.03. The zero-order valence-corrected chi connectivity index (χ0v) is 11.1. The van der Waals surface area contributed by atoms with Crippen LogP contribution in [0.1, 0.15) is 42.1 Å². The summed E-state index contributed by atoms with van der Waals surface area (Å²) in [5.41, 5.74) is 7.40. The van der Waals surface area contributed by atoms with Gasteiger partial charge in [0, 0.05) is 25.2 Å². The number of hydrogen-bond donors (Lipinski definition) is 1. The zero-order chi connectivity index (χ0) is 13.0. The Hall–Kier alpha value is -1.35. The summed E-state index contributed by atoms with van der Waals surface area (Å²) >= 11 is 0. The first-order valence-electron chi connectivity index (χ1n) is 6.83. The Morgan fingerprint density at radius 3 is 2.72 bits per heavy atom. The second-order valence-electron chi connectivity index (χ2n) is 5.05. The lowest BCUT2D eigenvalue weighted by molar-refractivity contribution is 0.0688. The van der Waals surface area contributed by atoms with Crippen LogP contribution in [0.25, 0.3) is 0 Å². The van der Waals surface area contributed by atoms with Gasteiger partial charge in [0.25, 0.3) is 5.91 Å². The lowest BCUT2D eigenvalue weighted by Crippen LogP contribution is -2.38. The molecule has 1 heterocycles. The van der Waals surface area contributed by atoms with Gasteiger partial charge >= 0.3 is 0 Å². The molecule has 98 valence electrons. The Kier molecular flexibility index (Phi) is 4.37. The molecule has 0 radical (unpaired) electrons. The van der Waals surface area contributed by atoms with E-state index in [0.717, 1.165) is 43.0 Å². The molecule has 18 heavy (non-hydrogen) atoms. The molecule has 2 rings (SSSR count). The van der Waals surface area contributed by atoms with Crippen molar-refractivity contribution in [1.29, 1.82) is 0 Å². The maximum Gasteiger partial charge on any atom is 0.253 e. The normalized spacial score (nSPS) is 16.9. The number of amides is 1. The van der Waals surface area contributed by atoms with E-state index in [1.54, 1.807) is 0 Å². The number of rotatable bonds is 3. The van der Waals surface area contributed by atoms with Crippen LogP contribution >= 0.6 is 0 Å². The van der Waals surface area contributed by atoms with E-state index in [9.17, 15) is 4.79 Å². The number of likely N-dealkylation sites (tertiary alicyclic amines) is 1.